The number of fused-ring (bicyclic) bond motifs is 2. The fourth-order valence-corrected chi connectivity index (χ4v) is 3.74. The summed E-state index contributed by atoms with van der Waals surface area (Å²) in [7, 11) is 0. The molecule has 2 saturated heterocycles. The van der Waals surface area contributed by atoms with Gasteiger partial charge in [-0.3, -0.25) is 9.69 Å². The van der Waals surface area contributed by atoms with Crippen LogP contribution in [0.3, 0.4) is 0 Å². The normalized spacial score (nSPS) is 27.5. The summed E-state index contributed by atoms with van der Waals surface area (Å²) < 4.78 is 0. The van der Waals surface area contributed by atoms with Crippen molar-refractivity contribution in [3.8, 4) is 0 Å². The smallest absolute Gasteiger partial charge is 0.234 e. The molecule has 3 rings (SSSR count). The van der Waals surface area contributed by atoms with Gasteiger partial charge in [-0.15, -0.1) is 11.3 Å². The molecule has 3 nitrogen and oxygen atoms in total. The third-order valence-electron chi connectivity index (χ3n) is 3.97. The number of nitrogens with one attached hydrogen (secondary N) is 1. The summed E-state index contributed by atoms with van der Waals surface area (Å²) in [5, 5.41) is 5.05. The van der Waals surface area contributed by atoms with Crippen LogP contribution in [0.5, 0.6) is 0 Å². The predicted octanol–water partition coefficient (Wildman–Crippen LogP) is 1.99. The average molecular weight is 250 g/mol. The van der Waals surface area contributed by atoms with Crippen molar-refractivity contribution >= 4 is 17.2 Å². The summed E-state index contributed by atoms with van der Waals surface area (Å²) in [6, 6.07) is 5.46. The highest BCUT2D eigenvalue weighted by Gasteiger charge is 2.39. The maximum Gasteiger partial charge on any atom is 0.234 e. The number of hydrogen-bond acceptors (Lipinski definition) is 3. The Kier molecular flexibility index (Phi) is 3.16. The minimum atomic E-state index is 0.178. The molecule has 1 aromatic heterocycles. The van der Waals surface area contributed by atoms with Gasteiger partial charge < -0.3 is 5.32 Å². The van der Waals surface area contributed by atoms with Gasteiger partial charge in [-0.05, 0) is 37.1 Å². The maximum absolute atomic E-state index is 11.9. The Morgan fingerprint density at radius 3 is 2.65 bits per heavy atom. The predicted molar refractivity (Wildman–Crippen MR) is 68.9 cm³/mol. The molecule has 2 bridgehead atoms. The molecule has 1 N–H and O–H groups in total. The van der Waals surface area contributed by atoms with Gasteiger partial charge in [-0.1, -0.05) is 6.07 Å². The van der Waals surface area contributed by atoms with Crippen molar-refractivity contribution in [3.05, 3.63) is 22.4 Å². The first-order valence-electron chi connectivity index (χ1n) is 6.38. The third kappa shape index (κ3) is 2.38. The average Bonchev–Trinajstić information content (AvgIpc) is 3.04. The molecule has 2 aliphatic rings. The molecular formula is C13H18N2OS. The van der Waals surface area contributed by atoms with Crippen molar-refractivity contribution in [2.24, 2.45) is 0 Å². The molecule has 0 unspecified atom stereocenters. The molecule has 0 atom stereocenters. The number of rotatable bonds is 4. The molecule has 0 aromatic carbocycles. The lowest BCUT2D eigenvalue weighted by Gasteiger charge is -2.20. The van der Waals surface area contributed by atoms with Gasteiger partial charge in [0, 0.05) is 17.0 Å². The molecule has 2 aliphatic heterocycles. The zero-order valence-corrected chi connectivity index (χ0v) is 10.7. The van der Waals surface area contributed by atoms with Crippen molar-refractivity contribution in [1.82, 2.24) is 10.2 Å². The van der Waals surface area contributed by atoms with Gasteiger partial charge in [0.2, 0.25) is 5.91 Å². The van der Waals surface area contributed by atoms with Crippen LogP contribution in [-0.2, 0) is 11.3 Å². The fraction of sp³-hybridized carbons (Fsp3) is 0.615. The molecule has 92 valence electrons. The highest BCUT2D eigenvalue weighted by atomic mass is 32.1. The Morgan fingerprint density at radius 2 is 2.06 bits per heavy atom. The number of hydrogen-bond donors (Lipinski definition) is 1. The topological polar surface area (TPSA) is 32.3 Å². The van der Waals surface area contributed by atoms with Crippen LogP contribution in [0, 0.1) is 0 Å². The van der Waals surface area contributed by atoms with Gasteiger partial charge in [-0.2, -0.15) is 0 Å². The highest BCUT2D eigenvalue weighted by molar-refractivity contribution is 7.09. The van der Waals surface area contributed by atoms with E-state index >= 15 is 0 Å². The van der Waals surface area contributed by atoms with Crippen molar-refractivity contribution in [2.75, 3.05) is 6.54 Å². The van der Waals surface area contributed by atoms with E-state index in [0.29, 0.717) is 25.2 Å². The van der Waals surface area contributed by atoms with Crippen LogP contribution in [-0.4, -0.2) is 29.4 Å². The van der Waals surface area contributed by atoms with Gasteiger partial charge >= 0.3 is 0 Å². The molecule has 0 saturated carbocycles. The summed E-state index contributed by atoms with van der Waals surface area (Å²) in [5.41, 5.74) is 0. The number of carbonyl (C=O) groups is 1. The van der Waals surface area contributed by atoms with Crippen LogP contribution in [0.15, 0.2) is 17.5 Å². The van der Waals surface area contributed by atoms with E-state index < -0.39 is 0 Å². The van der Waals surface area contributed by atoms with Crippen LogP contribution >= 0.6 is 11.3 Å². The summed E-state index contributed by atoms with van der Waals surface area (Å²) >= 11 is 1.69. The van der Waals surface area contributed by atoms with Crippen molar-refractivity contribution < 1.29 is 4.79 Å². The summed E-state index contributed by atoms with van der Waals surface area (Å²) in [6.07, 6.45) is 5.18. The first kappa shape index (κ1) is 11.2. The lowest BCUT2D eigenvalue weighted by Crippen LogP contribution is -2.39. The second kappa shape index (κ2) is 4.78. The van der Waals surface area contributed by atoms with Gasteiger partial charge in [-0.25, -0.2) is 0 Å². The monoisotopic (exact) mass is 250 g/mol. The van der Waals surface area contributed by atoms with E-state index in [-0.39, 0.29) is 5.91 Å². The molecule has 0 aliphatic carbocycles. The van der Waals surface area contributed by atoms with E-state index in [1.807, 2.05) is 11.4 Å². The van der Waals surface area contributed by atoms with Crippen molar-refractivity contribution in [3.63, 3.8) is 0 Å². The summed E-state index contributed by atoms with van der Waals surface area (Å²) in [6.45, 7) is 1.28. The SMILES string of the molecule is O=C(CN1C2CCC1CC2)NCc1cccs1. The van der Waals surface area contributed by atoms with E-state index in [4.69, 9.17) is 0 Å². The first-order valence-corrected chi connectivity index (χ1v) is 7.26. The first-order chi connectivity index (χ1) is 8.33. The number of amides is 1. The highest BCUT2D eigenvalue weighted by Crippen LogP contribution is 2.36. The van der Waals surface area contributed by atoms with Gasteiger partial charge in [0.15, 0.2) is 0 Å². The molecule has 17 heavy (non-hydrogen) atoms. The van der Waals surface area contributed by atoms with E-state index in [0.717, 1.165) is 0 Å². The summed E-state index contributed by atoms with van der Waals surface area (Å²) in [5.74, 6) is 0.178. The Labute approximate surface area is 106 Å². The second-order valence-electron chi connectivity index (χ2n) is 4.99. The Morgan fingerprint density at radius 1 is 1.35 bits per heavy atom. The lowest BCUT2D eigenvalue weighted by atomic mass is 10.0. The standard InChI is InChI=1S/C13H18N2OS/c16-13(14-8-12-2-1-7-17-12)9-15-10-3-4-11(15)6-5-10/h1-2,7,10-11H,3-6,8-9H2,(H,14,16). The van der Waals surface area contributed by atoms with E-state index in [2.05, 4.69) is 16.3 Å². The molecule has 3 heterocycles. The van der Waals surface area contributed by atoms with Crippen LogP contribution < -0.4 is 5.32 Å². The van der Waals surface area contributed by atoms with E-state index in [9.17, 15) is 4.79 Å². The van der Waals surface area contributed by atoms with Crippen molar-refractivity contribution in [1.29, 1.82) is 0 Å². The zero-order valence-electron chi connectivity index (χ0n) is 9.89. The van der Waals surface area contributed by atoms with Crippen LogP contribution in [0.4, 0.5) is 0 Å². The van der Waals surface area contributed by atoms with Crippen LogP contribution in [0.2, 0.25) is 0 Å². The Bertz CT molecular complexity index is 370. The Balaban J connectivity index is 1.47. The van der Waals surface area contributed by atoms with Crippen LogP contribution in [0.25, 0.3) is 0 Å². The second-order valence-corrected chi connectivity index (χ2v) is 6.02. The van der Waals surface area contributed by atoms with Gasteiger partial charge in [0.25, 0.3) is 0 Å². The summed E-state index contributed by atoms with van der Waals surface area (Å²) in [4.78, 5) is 15.5. The molecule has 2 fully saturated rings. The minimum absolute atomic E-state index is 0.178. The quantitative estimate of drug-likeness (QED) is 0.886. The number of carbonyl (C=O) groups excluding carboxylic acids is 1. The van der Waals surface area contributed by atoms with Gasteiger partial charge in [0.1, 0.15) is 0 Å². The zero-order chi connectivity index (χ0) is 11.7. The lowest BCUT2D eigenvalue weighted by molar-refractivity contribution is -0.122. The third-order valence-corrected chi connectivity index (χ3v) is 4.85. The maximum atomic E-state index is 11.9. The minimum Gasteiger partial charge on any atom is -0.350 e. The Hall–Kier alpha value is -0.870. The fourth-order valence-electron chi connectivity index (χ4n) is 3.10. The molecular weight excluding hydrogens is 232 g/mol. The molecule has 0 radical (unpaired) electrons. The molecule has 4 heteroatoms. The molecule has 1 aromatic rings. The van der Waals surface area contributed by atoms with E-state index in [1.165, 1.54) is 30.6 Å². The molecule has 0 spiro atoms. The molecule has 1 amide bonds. The van der Waals surface area contributed by atoms with E-state index in [1.54, 1.807) is 11.3 Å². The number of thiophene rings is 1. The van der Waals surface area contributed by atoms with Crippen molar-refractivity contribution in [2.45, 2.75) is 44.3 Å². The van der Waals surface area contributed by atoms with Gasteiger partial charge in [0.05, 0.1) is 13.1 Å². The van der Waals surface area contributed by atoms with Crippen LogP contribution in [0.1, 0.15) is 30.6 Å². The number of nitrogens with zero attached hydrogens (tertiary/aromatic N) is 1. The largest absolute Gasteiger partial charge is 0.350 e.